The van der Waals surface area contributed by atoms with E-state index >= 15 is 0 Å². The molecule has 1 aromatic rings. The third kappa shape index (κ3) is 3.73. The summed E-state index contributed by atoms with van der Waals surface area (Å²) in [6, 6.07) is 2.32. The molecule has 4 heteroatoms. The molecule has 80 valence electrons. The summed E-state index contributed by atoms with van der Waals surface area (Å²) in [7, 11) is 0. The predicted molar refractivity (Wildman–Crippen MR) is 70.4 cm³/mol. The van der Waals surface area contributed by atoms with Gasteiger partial charge in [-0.05, 0) is 47.3 Å². The first kappa shape index (κ1) is 14.2. The van der Waals surface area contributed by atoms with Crippen molar-refractivity contribution in [3.8, 4) is 0 Å². The lowest BCUT2D eigenvalue weighted by Gasteiger charge is -2.06. The summed E-state index contributed by atoms with van der Waals surface area (Å²) >= 11 is 5.23. The number of halogens is 2. The van der Waals surface area contributed by atoms with Crippen LogP contribution in [0.2, 0.25) is 0 Å². The molecule has 0 aliphatic heterocycles. The van der Waals surface area contributed by atoms with E-state index in [1.165, 1.54) is 14.2 Å². The number of thiophene rings is 1. The molecule has 0 bridgehead atoms. The van der Waals surface area contributed by atoms with Gasteiger partial charge in [0.1, 0.15) is 0 Å². The number of rotatable bonds is 4. The molecular weight excluding hydrogens is 282 g/mol. The van der Waals surface area contributed by atoms with Crippen molar-refractivity contribution in [1.29, 1.82) is 0 Å². The minimum Gasteiger partial charge on any atom is -0.323 e. The predicted octanol–water partition coefficient (Wildman–Crippen LogP) is 4.21. The van der Waals surface area contributed by atoms with Gasteiger partial charge in [-0.25, -0.2) is 0 Å². The zero-order valence-corrected chi connectivity index (χ0v) is 11.3. The van der Waals surface area contributed by atoms with E-state index in [-0.39, 0.29) is 18.4 Å². The van der Waals surface area contributed by atoms with Gasteiger partial charge in [-0.1, -0.05) is 6.08 Å². The van der Waals surface area contributed by atoms with Crippen molar-refractivity contribution in [2.24, 2.45) is 5.73 Å². The molecule has 1 heterocycles. The fourth-order valence-corrected chi connectivity index (χ4v) is 2.71. The molecule has 0 aliphatic carbocycles. The van der Waals surface area contributed by atoms with Gasteiger partial charge in [0, 0.05) is 10.9 Å². The monoisotopic (exact) mass is 295 g/mol. The Bertz CT molecular complexity index is 279. The molecule has 2 N–H and O–H groups in total. The van der Waals surface area contributed by atoms with Gasteiger partial charge in [0.05, 0.1) is 3.79 Å². The molecular formula is C10H15BrClNS. The van der Waals surface area contributed by atoms with E-state index in [0.29, 0.717) is 0 Å². The van der Waals surface area contributed by atoms with Crippen LogP contribution >= 0.6 is 39.7 Å². The van der Waals surface area contributed by atoms with Crippen LogP contribution in [0.15, 0.2) is 22.5 Å². The summed E-state index contributed by atoms with van der Waals surface area (Å²) in [5, 5.41) is 0. The highest BCUT2D eigenvalue weighted by molar-refractivity contribution is 9.11. The Hall–Kier alpha value is 0.170. The maximum atomic E-state index is 6.01. The summed E-state index contributed by atoms with van der Waals surface area (Å²) in [5.74, 6) is 0. The highest BCUT2D eigenvalue weighted by atomic mass is 79.9. The van der Waals surface area contributed by atoms with Crippen LogP contribution in [0.1, 0.15) is 29.3 Å². The molecule has 0 radical (unpaired) electrons. The fraction of sp³-hybridized carbons (Fsp3) is 0.400. The van der Waals surface area contributed by atoms with Gasteiger partial charge in [0.25, 0.3) is 0 Å². The number of hydrogen-bond donors (Lipinski definition) is 1. The second-order valence-electron chi connectivity index (χ2n) is 3.08. The zero-order chi connectivity index (χ0) is 9.84. The quantitative estimate of drug-likeness (QED) is 0.828. The van der Waals surface area contributed by atoms with E-state index in [2.05, 4.69) is 35.5 Å². The zero-order valence-electron chi connectivity index (χ0n) is 8.13. The van der Waals surface area contributed by atoms with Gasteiger partial charge in [0.2, 0.25) is 0 Å². The van der Waals surface area contributed by atoms with Gasteiger partial charge in [0.15, 0.2) is 0 Å². The average Bonchev–Trinajstić information content (AvgIpc) is 2.43. The molecule has 1 rings (SSSR count). The van der Waals surface area contributed by atoms with Crippen molar-refractivity contribution in [2.75, 3.05) is 0 Å². The SMILES string of the molecule is C=CCC[C@H](N)c1cc(C)c(Br)s1.Cl. The van der Waals surface area contributed by atoms with Crippen molar-refractivity contribution in [1.82, 2.24) is 0 Å². The average molecular weight is 297 g/mol. The number of allylic oxidation sites excluding steroid dienone is 1. The van der Waals surface area contributed by atoms with Crippen molar-refractivity contribution < 1.29 is 0 Å². The van der Waals surface area contributed by atoms with E-state index in [0.717, 1.165) is 12.8 Å². The second-order valence-corrected chi connectivity index (χ2v) is 5.48. The van der Waals surface area contributed by atoms with Crippen LogP contribution in [-0.4, -0.2) is 0 Å². The van der Waals surface area contributed by atoms with Crippen molar-refractivity contribution in [3.63, 3.8) is 0 Å². The molecule has 1 nitrogen and oxygen atoms in total. The Kier molecular flexibility index (Phi) is 6.70. The molecule has 0 aliphatic rings. The fourth-order valence-electron chi connectivity index (χ4n) is 1.11. The van der Waals surface area contributed by atoms with Crippen LogP contribution in [0.3, 0.4) is 0 Å². The Morgan fingerprint density at radius 2 is 2.36 bits per heavy atom. The highest BCUT2D eigenvalue weighted by Crippen LogP contribution is 2.31. The number of nitrogens with two attached hydrogens (primary N) is 1. The molecule has 0 aromatic carbocycles. The first-order chi connectivity index (χ1) is 6.15. The molecule has 0 fully saturated rings. The summed E-state index contributed by atoms with van der Waals surface area (Å²) in [6.45, 7) is 5.78. The summed E-state index contributed by atoms with van der Waals surface area (Å²) < 4.78 is 1.19. The van der Waals surface area contributed by atoms with Gasteiger partial charge in [-0.3, -0.25) is 0 Å². The van der Waals surface area contributed by atoms with Crippen LogP contribution in [0.25, 0.3) is 0 Å². The highest BCUT2D eigenvalue weighted by Gasteiger charge is 2.09. The van der Waals surface area contributed by atoms with Crippen LogP contribution in [0.5, 0.6) is 0 Å². The van der Waals surface area contributed by atoms with E-state index < -0.39 is 0 Å². The Morgan fingerprint density at radius 1 is 1.71 bits per heavy atom. The van der Waals surface area contributed by atoms with Crippen molar-refractivity contribution >= 4 is 39.7 Å². The van der Waals surface area contributed by atoms with Gasteiger partial charge in [-0.15, -0.1) is 30.3 Å². The lowest BCUT2D eigenvalue weighted by atomic mass is 10.1. The van der Waals surface area contributed by atoms with E-state index in [1.807, 2.05) is 6.08 Å². The second kappa shape index (κ2) is 6.62. The van der Waals surface area contributed by atoms with Crippen LogP contribution in [0, 0.1) is 6.92 Å². The van der Waals surface area contributed by atoms with Gasteiger partial charge < -0.3 is 5.73 Å². The maximum absolute atomic E-state index is 6.01. The normalized spacial score (nSPS) is 11.9. The lowest BCUT2D eigenvalue weighted by molar-refractivity contribution is 0.672. The Labute approximate surface area is 104 Å². The standard InChI is InChI=1S/C10H14BrNS.ClH/c1-3-4-5-8(12)9-6-7(2)10(11)13-9;/h3,6,8H,1,4-5,12H2,2H3;1H/t8-;/m0./s1. The van der Waals surface area contributed by atoms with Crippen LogP contribution < -0.4 is 5.73 Å². The van der Waals surface area contributed by atoms with E-state index in [4.69, 9.17) is 5.73 Å². The van der Waals surface area contributed by atoms with Crippen LogP contribution in [-0.2, 0) is 0 Å². The van der Waals surface area contributed by atoms with E-state index in [9.17, 15) is 0 Å². The largest absolute Gasteiger partial charge is 0.323 e. The Balaban J connectivity index is 0.00000169. The van der Waals surface area contributed by atoms with Crippen molar-refractivity contribution in [2.45, 2.75) is 25.8 Å². The number of hydrogen-bond acceptors (Lipinski definition) is 2. The third-order valence-corrected chi connectivity index (χ3v) is 4.19. The molecule has 0 saturated heterocycles. The molecule has 0 saturated carbocycles. The lowest BCUT2D eigenvalue weighted by Crippen LogP contribution is -2.07. The molecule has 0 amide bonds. The molecule has 0 spiro atoms. The summed E-state index contributed by atoms with van der Waals surface area (Å²) in [6.07, 6.45) is 3.88. The smallest absolute Gasteiger partial charge is 0.0731 e. The van der Waals surface area contributed by atoms with Crippen LogP contribution in [0.4, 0.5) is 0 Å². The first-order valence-electron chi connectivity index (χ1n) is 4.27. The third-order valence-electron chi connectivity index (χ3n) is 1.92. The van der Waals surface area contributed by atoms with Gasteiger partial charge >= 0.3 is 0 Å². The molecule has 0 unspecified atom stereocenters. The minimum atomic E-state index is 0. The first-order valence-corrected chi connectivity index (χ1v) is 5.88. The summed E-state index contributed by atoms with van der Waals surface area (Å²) in [4.78, 5) is 1.26. The van der Waals surface area contributed by atoms with Gasteiger partial charge in [-0.2, -0.15) is 0 Å². The van der Waals surface area contributed by atoms with E-state index in [1.54, 1.807) is 11.3 Å². The Morgan fingerprint density at radius 3 is 2.79 bits per heavy atom. The maximum Gasteiger partial charge on any atom is 0.0731 e. The minimum absolute atomic E-state index is 0. The molecule has 14 heavy (non-hydrogen) atoms. The molecule has 1 aromatic heterocycles. The van der Waals surface area contributed by atoms with Crippen molar-refractivity contribution in [3.05, 3.63) is 32.9 Å². The topological polar surface area (TPSA) is 26.0 Å². The summed E-state index contributed by atoms with van der Waals surface area (Å²) in [5.41, 5.74) is 7.28. The number of aryl methyl sites for hydroxylation is 1. The molecule has 1 atom stereocenters.